The van der Waals surface area contributed by atoms with Gasteiger partial charge in [0, 0.05) is 0 Å². The van der Waals surface area contributed by atoms with Gasteiger partial charge in [0.15, 0.2) is 0 Å². The van der Waals surface area contributed by atoms with Gasteiger partial charge in [-0.1, -0.05) is 0 Å². The Morgan fingerprint density at radius 3 is 0.905 bits per heavy atom. The fourth-order valence-corrected chi connectivity index (χ4v) is 2.18. The van der Waals surface area contributed by atoms with Gasteiger partial charge in [-0.15, -0.1) is 0 Å². The highest BCUT2D eigenvalue weighted by atomic mass is 35.5. The average Bonchev–Trinajstić information content (AvgIpc) is 2.69. The van der Waals surface area contributed by atoms with Gasteiger partial charge in [0.2, 0.25) is 11.1 Å². The van der Waals surface area contributed by atoms with E-state index in [0.717, 1.165) is 4.74 Å². The Balaban J connectivity index is 6.84. The molecule has 0 radical (unpaired) electrons. The van der Waals surface area contributed by atoms with E-state index in [-0.39, 0.29) is 0 Å². The van der Waals surface area contributed by atoms with E-state index in [1.165, 1.54) is 4.74 Å². The average molecular weight is 733 g/mol. The minimum absolute atomic E-state index is 0.932. The Labute approximate surface area is 218 Å². The molecule has 0 aromatic carbocycles. The second-order valence-electron chi connectivity index (χ2n) is 6.98. The van der Waals surface area contributed by atoms with Crippen LogP contribution in [0.25, 0.3) is 0 Å². The first kappa shape index (κ1) is 40.6. The quantitative estimate of drug-likeness (QED) is 0.112. The van der Waals surface area contributed by atoms with Crippen LogP contribution in [0.2, 0.25) is 0 Å². The molecule has 42 heavy (non-hydrogen) atoms. The Bertz CT molecular complexity index is 1020. The number of alkyl halides is 25. The van der Waals surface area contributed by atoms with E-state index in [0.29, 0.717) is 0 Å². The van der Waals surface area contributed by atoms with Crippen molar-refractivity contribution in [2.24, 2.45) is 0 Å². The number of halogens is 25. The van der Waals surface area contributed by atoms with Crippen molar-refractivity contribution in [3.8, 4) is 0 Å². The van der Waals surface area contributed by atoms with Crippen LogP contribution in [-0.2, 0) is 20.6 Å². The summed E-state index contributed by atoms with van der Waals surface area (Å²) in [7, 11) is 0. The van der Waals surface area contributed by atoms with Crippen molar-refractivity contribution in [3.63, 3.8) is 0 Å². The molecule has 0 fully saturated rings. The molecule has 1 N–H and O–H groups in total. The maximum absolute atomic E-state index is 13.5. The van der Waals surface area contributed by atoms with Crippen molar-refractivity contribution in [2.45, 2.75) is 70.6 Å². The molecule has 4 nitrogen and oxygen atoms in total. The molecule has 0 rings (SSSR count). The minimum atomic E-state index is -9.29. The van der Waals surface area contributed by atoms with Crippen molar-refractivity contribution >= 4 is 22.7 Å². The first-order valence-electron chi connectivity index (χ1n) is 8.34. The van der Waals surface area contributed by atoms with Crippen LogP contribution < -0.4 is 0 Å². The molecule has 0 aliphatic carbocycles. The van der Waals surface area contributed by atoms with Crippen LogP contribution in [0, 0.1) is 0 Å². The van der Waals surface area contributed by atoms with Gasteiger partial charge >= 0.3 is 70.6 Å². The van der Waals surface area contributed by atoms with Gasteiger partial charge in [-0.2, -0.15) is 105 Å². The van der Waals surface area contributed by atoms with Crippen molar-refractivity contribution in [2.75, 3.05) is 0 Å². The third-order valence-corrected chi connectivity index (χ3v) is 5.02. The zero-order valence-corrected chi connectivity index (χ0v) is 19.1. The summed E-state index contributed by atoms with van der Waals surface area (Å²) in [5.41, 5.74) is 0. The lowest BCUT2D eigenvalue weighted by Gasteiger charge is -2.43. The number of rotatable bonds is 14. The number of ether oxygens (including phenoxy) is 2. The van der Waals surface area contributed by atoms with Gasteiger partial charge in [0.05, 0.1) is 0 Å². The molecule has 254 valence electrons. The van der Waals surface area contributed by atoms with Gasteiger partial charge in [-0.25, -0.2) is 13.7 Å². The number of hydrogen-bond donors (Lipinski definition) is 1. The molecule has 30 heteroatoms. The van der Waals surface area contributed by atoms with Gasteiger partial charge < -0.3 is 4.55 Å². The van der Waals surface area contributed by atoms with Crippen LogP contribution in [-0.4, -0.2) is 79.4 Å². The highest BCUT2D eigenvalue weighted by Gasteiger charge is 2.95. The summed E-state index contributed by atoms with van der Waals surface area (Å²) in [6, 6.07) is 0. The van der Waals surface area contributed by atoms with Crippen LogP contribution in [0.3, 0.4) is 0 Å². The monoisotopic (exact) mass is 732 g/mol. The standard InChI is InChI=1S/C12HClF24O4S/c13-7(26,27)5(22,23)3(18,19)1(14,15)2(16,17)4(20,21)6(24,25)8(28,29)40-9(30,31)10(32,33)41-11(34,35)12(36,37)42(38)39/h(H,38,39). The molecule has 0 saturated carbocycles. The summed E-state index contributed by atoms with van der Waals surface area (Å²) in [6.07, 6.45) is -32.5. The van der Waals surface area contributed by atoms with Crippen molar-refractivity contribution in [3.05, 3.63) is 0 Å². The molecule has 0 bridgehead atoms. The first-order valence-corrected chi connectivity index (χ1v) is 9.83. The van der Waals surface area contributed by atoms with Crippen LogP contribution in [0.1, 0.15) is 0 Å². The van der Waals surface area contributed by atoms with E-state index in [1.54, 1.807) is 0 Å². The lowest BCUT2D eigenvalue weighted by atomic mass is 9.91. The Kier molecular flexibility index (Phi) is 10.0. The fourth-order valence-electron chi connectivity index (χ4n) is 1.82. The van der Waals surface area contributed by atoms with Crippen LogP contribution in [0.15, 0.2) is 0 Å². The summed E-state index contributed by atoms with van der Waals surface area (Å²) in [5, 5.41) is -14.1. The van der Waals surface area contributed by atoms with Crippen molar-refractivity contribution in [1.29, 1.82) is 0 Å². The van der Waals surface area contributed by atoms with Crippen LogP contribution in [0.5, 0.6) is 0 Å². The number of hydrogen-bond acceptors (Lipinski definition) is 3. The summed E-state index contributed by atoms with van der Waals surface area (Å²) in [6.45, 7) is 0. The molecule has 0 saturated heterocycles. The van der Waals surface area contributed by atoms with E-state index in [2.05, 4.69) is 11.6 Å². The minimum Gasteiger partial charge on any atom is -0.301 e. The van der Waals surface area contributed by atoms with Gasteiger partial charge in [0.1, 0.15) is 0 Å². The summed E-state index contributed by atoms with van der Waals surface area (Å²) in [5.74, 6) is -53.8. The molecule has 0 heterocycles. The fraction of sp³-hybridized carbons (Fsp3) is 1.00. The third-order valence-electron chi connectivity index (χ3n) is 4.10. The van der Waals surface area contributed by atoms with Gasteiger partial charge in [-0.3, -0.25) is 0 Å². The predicted molar refractivity (Wildman–Crippen MR) is 78.2 cm³/mol. The molecule has 0 aliphatic rings. The normalized spacial score (nSPS) is 17.5. The molecule has 1 atom stereocenters. The highest BCUT2D eigenvalue weighted by Crippen LogP contribution is 2.65. The van der Waals surface area contributed by atoms with Crippen molar-refractivity contribution < 1.29 is 124 Å². The maximum Gasteiger partial charge on any atom is 0.453 e. The zero-order chi connectivity index (χ0) is 35.0. The van der Waals surface area contributed by atoms with Crippen molar-refractivity contribution in [1.82, 2.24) is 0 Å². The van der Waals surface area contributed by atoms with E-state index in [9.17, 15) is 110 Å². The molecule has 0 aromatic heterocycles. The Morgan fingerprint density at radius 2 is 0.643 bits per heavy atom. The lowest BCUT2D eigenvalue weighted by molar-refractivity contribution is -0.549. The maximum atomic E-state index is 13.5. The summed E-state index contributed by atoms with van der Waals surface area (Å²) < 4.78 is 335. The van der Waals surface area contributed by atoms with Crippen LogP contribution in [0.4, 0.5) is 105 Å². The second kappa shape index (κ2) is 10.3. The largest absolute Gasteiger partial charge is 0.453 e. The smallest absolute Gasteiger partial charge is 0.301 e. The first-order chi connectivity index (χ1) is 17.6. The molecular weight excluding hydrogens is 732 g/mol. The van der Waals surface area contributed by atoms with Gasteiger partial charge in [0.25, 0.3) is 0 Å². The third kappa shape index (κ3) is 5.74. The van der Waals surface area contributed by atoms with E-state index in [4.69, 9.17) is 4.55 Å². The molecular formula is C12HClF24O4S. The Hall–Kier alpha value is -1.36. The summed E-state index contributed by atoms with van der Waals surface area (Å²) >= 11 is -2.17. The Morgan fingerprint density at radius 1 is 0.405 bits per heavy atom. The molecule has 1 unspecified atom stereocenters. The lowest BCUT2D eigenvalue weighted by Crippen LogP contribution is -2.75. The highest BCUT2D eigenvalue weighted by molar-refractivity contribution is 7.80. The second-order valence-corrected chi connectivity index (χ2v) is 8.47. The topological polar surface area (TPSA) is 55.8 Å². The zero-order valence-electron chi connectivity index (χ0n) is 17.5. The molecule has 0 amide bonds. The predicted octanol–water partition coefficient (Wildman–Crippen LogP) is 7.85. The van der Waals surface area contributed by atoms with E-state index in [1.807, 2.05) is 0 Å². The van der Waals surface area contributed by atoms with Gasteiger partial charge in [-0.05, 0) is 11.6 Å². The SMILES string of the molecule is O=S(O)C(F)(F)C(F)(F)OC(F)(F)C(F)(F)OC(F)(F)C(F)(F)C(F)(F)C(F)(F)C(F)(F)C(F)(F)C(F)(F)C(F)(F)Cl. The molecule has 0 aliphatic heterocycles. The van der Waals surface area contributed by atoms with E-state index < -0.39 is 81.7 Å². The summed E-state index contributed by atoms with van der Waals surface area (Å²) in [4.78, 5) is 0. The van der Waals surface area contributed by atoms with Crippen LogP contribution >= 0.6 is 11.6 Å². The molecule has 0 aromatic rings. The van der Waals surface area contributed by atoms with E-state index >= 15 is 0 Å². The molecule has 0 spiro atoms.